The molecule has 2 aromatic rings. The lowest BCUT2D eigenvalue weighted by Crippen LogP contribution is -2.31. The molecule has 0 bridgehead atoms. The predicted molar refractivity (Wildman–Crippen MR) is 68.9 cm³/mol. The van der Waals surface area contributed by atoms with Gasteiger partial charge < -0.3 is 15.0 Å². The van der Waals surface area contributed by atoms with Crippen LogP contribution in [0.15, 0.2) is 24.5 Å². The van der Waals surface area contributed by atoms with Gasteiger partial charge in [-0.25, -0.2) is 4.98 Å². The first-order valence-corrected chi connectivity index (χ1v) is 5.98. The summed E-state index contributed by atoms with van der Waals surface area (Å²) >= 11 is 0. The maximum atomic E-state index is 5.17. The molecule has 1 unspecified atom stereocenters. The van der Waals surface area contributed by atoms with Gasteiger partial charge in [0.25, 0.3) is 0 Å². The van der Waals surface area contributed by atoms with E-state index in [0.717, 1.165) is 25.2 Å². The standard InChI is InChI=1S/C13H19N3O/c1-3-11(9-17-2)15-7-10-8-16-13-12(10)5-4-6-14-13/h4-6,8,11,15H,3,7,9H2,1-2H3,(H,14,16). The van der Waals surface area contributed by atoms with Crippen molar-refractivity contribution < 1.29 is 4.74 Å². The molecule has 0 radical (unpaired) electrons. The Morgan fingerprint density at radius 1 is 1.53 bits per heavy atom. The number of H-pyrrole nitrogens is 1. The molecule has 0 saturated heterocycles. The first-order chi connectivity index (χ1) is 8.35. The molecule has 0 aliphatic heterocycles. The lowest BCUT2D eigenvalue weighted by molar-refractivity contribution is 0.164. The highest BCUT2D eigenvalue weighted by Gasteiger charge is 2.07. The molecule has 2 aromatic heterocycles. The number of hydrogen-bond acceptors (Lipinski definition) is 3. The van der Waals surface area contributed by atoms with E-state index in [1.54, 1.807) is 13.3 Å². The molecule has 0 aliphatic rings. The second-order valence-electron chi connectivity index (χ2n) is 4.15. The summed E-state index contributed by atoms with van der Waals surface area (Å²) in [5.74, 6) is 0. The predicted octanol–water partition coefficient (Wildman–Crippen LogP) is 2.08. The van der Waals surface area contributed by atoms with Crippen molar-refractivity contribution in [3.8, 4) is 0 Å². The van der Waals surface area contributed by atoms with Gasteiger partial charge in [0.2, 0.25) is 0 Å². The molecule has 0 fully saturated rings. The first kappa shape index (κ1) is 12.1. The second kappa shape index (κ2) is 5.80. The molecule has 2 rings (SSSR count). The van der Waals surface area contributed by atoms with E-state index < -0.39 is 0 Å². The lowest BCUT2D eigenvalue weighted by Gasteiger charge is -2.15. The third kappa shape index (κ3) is 2.84. The minimum Gasteiger partial charge on any atom is -0.383 e. The van der Waals surface area contributed by atoms with Crippen molar-refractivity contribution in [3.63, 3.8) is 0 Å². The SMILES string of the molecule is CCC(COC)NCc1c[nH]c2ncccc12. The Hall–Kier alpha value is -1.39. The number of aromatic nitrogens is 2. The van der Waals surface area contributed by atoms with E-state index in [2.05, 4.69) is 28.3 Å². The molecular weight excluding hydrogens is 214 g/mol. The first-order valence-electron chi connectivity index (χ1n) is 5.98. The molecule has 92 valence electrons. The van der Waals surface area contributed by atoms with Gasteiger partial charge in [0.05, 0.1) is 6.61 Å². The number of methoxy groups -OCH3 is 1. The minimum atomic E-state index is 0.404. The van der Waals surface area contributed by atoms with Crippen LogP contribution in [-0.2, 0) is 11.3 Å². The average molecular weight is 233 g/mol. The van der Waals surface area contributed by atoms with Gasteiger partial charge in [-0.3, -0.25) is 0 Å². The molecular formula is C13H19N3O. The highest BCUT2D eigenvalue weighted by molar-refractivity contribution is 5.79. The Bertz CT molecular complexity index is 466. The molecule has 0 aliphatic carbocycles. The van der Waals surface area contributed by atoms with Crippen LogP contribution in [0, 0.1) is 0 Å². The van der Waals surface area contributed by atoms with Crippen molar-refractivity contribution in [1.29, 1.82) is 0 Å². The fourth-order valence-corrected chi connectivity index (χ4v) is 1.94. The number of aromatic amines is 1. The number of fused-ring (bicyclic) bond motifs is 1. The van der Waals surface area contributed by atoms with Crippen LogP contribution in [0.1, 0.15) is 18.9 Å². The second-order valence-corrected chi connectivity index (χ2v) is 4.15. The number of rotatable bonds is 6. The fraction of sp³-hybridized carbons (Fsp3) is 0.462. The third-order valence-electron chi connectivity index (χ3n) is 2.98. The molecule has 0 amide bonds. The average Bonchev–Trinajstić information content (AvgIpc) is 2.78. The summed E-state index contributed by atoms with van der Waals surface area (Å²) in [6.07, 6.45) is 4.88. The molecule has 2 N–H and O–H groups in total. The van der Waals surface area contributed by atoms with E-state index in [9.17, 15) is 0 Å². The monoisotopic (exact) mass is 233 g/mol. The summed E-state index contributed by atoms with van der Waals surface area (Å²) in [5, 5.41) is 4.68. The summed E-state index contributed by atoms with van der Waals surface area (Å²) in [6.45, 7) is 3.75. The van der Waals surface area contributed by atoms with Gasteiger partial charge in [0, 0.05) is 37.5 Å². The summed E-state index contributed by atoms with van der Waals surface area (Å²) in [7, 11) is 1.74. The Labute approximate surface area is 101 Å². The van der Waals surface area contributed by atoms with E-state index in [-0.39, 0.29) is 0 Å². The molecule has 17 heavy (non-hydrogen) atoms. The van der Waals surface area contributed by atoms with Crippen LogP contribution >= 0.6 is 0 Å². The van der Waals surface area contributed by atoms with Crippen LogP contribution in [0.2, 0.25) is 0 Å². The Morgan fingerprint density at radius 2 is 2.41 bits per heavy atom. The highest BCUT2D eigenvalue weighted by Crippen LogP contribution is 2.15. The van der Waals surface area contributed by atoms with E-state index in [1.807, 2.05) is 12.3 Å². The molecule has 1 atom stereocenters. The summed E-state index contributed by atoms with van der Waals surface area (Å²) in [5.41, 5.74) is 2.20. The fourth-order valence-electron chi connectivity index (χ4n) is 1.94. The molecule has 4 heteroatoms. The van der Waals surface area contributed by atoms with Gasteiger partial charge in [-0.15, -0.1) is 0 Å². The van der Waals surface area contributed by atoms with Crippen LogP contribution in [-0.4, -0.2) is 29.7 Å². The molecule has 4 nitrogen and oxygen atoms in total. The minimum absolute atomic E-state index is 0.404. The number of pyridine rings is 1. The summed E-state index contributed by atoms with van der Waals surface area (Å²) in [6, 6.07) is 4.46. The Morgan fingerprint density at radius 3 is 3.18 bits per heavy atom. The van der Waals surface area contributed by atoms with E-state index >= 15 is 0 Å². The quantitative estimate of drug-likeness (QED) is 0.803. The van der Waals surface area contributed by atoms with Crippen LogP contribution in [0.25, 0.3) is 11.0 Å². The highest BCUT2D eigenvalue weighted by atomic mass is 16.5. The van der Waals surface area contributed by atoms with Crippen LogP contribution in [0.3, 0.4) is 0 Å². The Kier molecular flexibility index (Phi) is 4.12. The topological polar surface area (TPSA) is 49.9 Å². The summed E-state index contributed by atoms with van der Waals surface area (Å²) in [4.78, 5) is 7.46. The zero-order valence-electron chi connectivity index (χ0n) is 10.4. The maximum absolute atomic E-state index is 5.17. The van der Waals surface area contributed by atoms with Gasteiger partial charge in [-0.2, -0.15) is 0 Å². The van der Waals surface area contributed by atoms with Crippen molar-refractivity contribution in [2.24, 2.45) is 0 Å². The van der Waals surface area contributed by atoms with Crippen LogP contribution in [0.4, 0.5) is 0 Å². The Balaban J connectivity index is 2.03. The molecule has 0 saturated carbocycles. The van der Waals surface area contributed by atoms with Crippen molar-refractivity contribution in [2.45, 2.75) is 25.9 Å². The molecule has 0 aromatic carbocycles. The zero-order valence-corrected chi connectivity index (χ0v) is 10.4. The van der Waals surface area contributed by atoms with Crippen molar-refractivity contribution in [2.75, 3.05) is 13.7 Å². The molecule has 2 heterocycles. The van der Waals surface area contributed by atoms with Gasteiger partial charge in [-0.1, -0.05) is 6.92 Å². The summed E-state index contributed by atoms with van der Waals surface area (Å²) < 4.78 is 5.17. The van der Waals surface area contributed by atoms with Gasteiger partial charge in [0.15, 0.2) is 0 Å². The van der Waals surface area contributed by atoms with Crippen LogP contribution in [0.5, 0.6) is 0 Å². The van der Waals surface area contributed by atoms with E-state index in [1.165, 1.54) is 10.9 Å². The maximum Gasteiger partial charge on any atom is 0.137 e. The number of nitrogens with zero attached hydrogens (tertiary/aromatic N) is 1. The van der Waals surface area contributed by atoms with Gasteiger partial charge in [-0.05, 0) is 24.1 Å². The van der Waals surface area contributed by atoms with Crippen LogP contribution < -0.4 is 5.32 Å². The smallest absolute Gasteiger partial charge is 0.137 e. The van der Waals surface area contributed by atoms with E-state index in [4.69, 9.17) is 4.74 Å². The van der Waals surface area contributed by atoms with Gasteiger partial charge in [0.1, 0.15) is 5.65 Å². The zero-order chi connectivity index (χ0) is 12.1. The normalized spacial score (nSPS) is 13.1. The van der Waals surface area contributed by atoms with Crippen molar-refractivity contribution >= 4 is 11.0 Å². The van der Waals surface area contributed by atoms with Crippen molar-refractivity contribution in [1.82, 2.24) is 15.3 Å². The van der Waals surface area contributed by atoms with Crippen molar-refractivity contribution in [3.05, 3.63) is 30.1 Å². The third-order valence-corrected chi connectivity index (χ3v) is 2.98. The molecule has 0 spiro atoms. The number of nitrogens with one attached hydrogen (secondary N) is 2. The van der Waals surface area contributed by atoms with Gasteiger partial charge >= 0.3 is 0 Å². The lowest BCUT2D eigenvalue weighted by atomic mass is 10.2. The number of hydrogen-bond donors (Lipinski definition) is 2. The van der Waals surface area contributed by atoms with E-state index in [0.29, 0.717) is 6.04 Å². The largest absolute Gasteiger partial charge is 0.383 e. The number of ether oxygens (including phenoxy) is 1.